The number of nitrogen functional groups attached to an aromatic ring is 1. The number of carbonyl (C=O) groups is 1. The van der Waals surface area contributed by atoms with Crippen LogP contribution in [-0.4, -0.2) is 29.4 Å². The van der Waals surface area contributed by atoms with Crippen molar-refractivity contribution in [3.8, 4) is 0 Å². The average molecular weight is 356 g/mol. The molecule has 0 saturated carbocycles. The molecule has 1 aliphatic rings. The number of likely N-dealkylation sites (N-methyl/N-ethyl adjacent to an activating group) is 1. The lowest BCUT2D eigenvalue weighted by Gasteiger charge is -2.22. The van der Waals surface area contributed by atoms with Crippen LogP contribution < -0.4 is 11.1 Å². The molecule has 0 aliphatic carbocycles. The molecule has 2 aromatic heterocycles. The van der Waals surface area contributed by atoms with Crippen LogP contribution >= 0.6 is 11.3 Å². The molecule has 4 rings (SSSR count). The lowest BCUT2D eigenvalue weighted by molar-refractivity contribution is 0.102. The molecular weight excluding hydrogens is 339 g/mol. The van der Waals surface area contributed by atoms with Gasteiger partial charge in [-0.1, -0.05) is 0 Å². The van der Waals surface area contributed by atoms with Crippen LogP contribution in [0.25, 0.3) is 10.2 Å². The molecule has 3 heterocycles. The average Bonchev–Trinajstić information content (AvgIpc) is 2.93. The number of nitrogens with one attached hydrogen (secondary N) is 1. The monoisotopic (exact) mass is 356 g/mol. The molecule has 5 nitrogen and oxygen atoms in total. The van der Waals surface area contributed by atoms with Gasteiger partial charge in [0.1, 0.15) is 10.6 Å². The molecule has 0 radical (unpaired) electrons. The molecular formula is C18H17FN4OS. The molecule has 7 heteroatoms. The fourth-order valence-corrected chi connectivity index (χ4v) is 4.21. The summed E-state index contributed by atoms with van der Waals surface area (Å²) in [4.78, 5) is 21.4. The van der Waals surface area contributed by atoms with Crippen LogP contribution in [0.5, 0.6) is 0 Å². The van der Waals surface area contributed by atoms with Crippen molar-refractivity contribution in [2.24, 2.45) is 0 Å². The summed E-state index contributed by atoms with van der Waals surface area (Å²) in [5, 5.41) is 3.74. The van der Waals surface area contributed by atoms with E-state index in [4.69, 9.17) is 5.73 Å². The minimum Gasteiger partial charge on any atom is -0.397 e. The van der Waals surface area contributed by atoms with Crippen LogP contribution in [0.1, 0.15) is 20.9 Å². The maximum Gasteiger partial charge on any atom is 0.276 e. The van der Waals surface area contributed by atoms with Crippen LogP contribution in [0.15, 0.2) is 30.3 Å². The number of amides is 1. The first-order valence-corrected chi connectivity index (χ1v) is 8.79. The number of halogens is 1. The molecule has 0 atom stereocenters. The summed E-state index contributed by atoms with van der Waals surface area (Å²) < 4.78 is 13.0. The quantitative estimate of drug-likeness (QED) is 0.739. The maximum absolute atomic E-state index is 13.0. The zero-order valence-electron chi connectivity index (χ0n) is 13.7. The highest BCUT2D eigenvalue weighted by molar-refractivity contribution is 7.18. The standard InChI is InChI=1S/C18H17FN4OS/c1-23-7-6-15-13(9-23)12-8-14(20)16(22-18(12)25-15)17(24)21-11-4-2-10(19)3-5-11/h2-5,8H,6-7,9,20H2,1H3,(H,21,24). The summed E-state index contributed by atoms with van der Waals surface area (Å²) in [5.41, 5.74) is 8.41. The third kappa shape index (κ3) is 2.96. The summed E-state index contributed by atoms with van der Waals surface area (Å²) in [5.74, 6) is -0.749. The van der Waals surface area contributed by atoms with E-state index in [9.17, 15) is 9.18 Å². The number of hydrogen-bond donors (Lipinski definition) is 2. The van der Waals surface area contributed by atoms with Gasteiger partial charge in [-0.15, -0.1) is 11.3 Å². The number of carbonyl (C=O) groups excluding carboxylic acids is 1. The van der Waals surface area contributed by atoms with E-state index in [1.54, 1.807) is 11.3 Å². The molecule has 1 aliphatic heterocycles. The minimum atomic E-state index is -0.394. The number of hydrogen-bond acceptors (Lipinski definition) is 5. The highest BCUT2D eigenvalue weighted by atomic mass is 32.1. The Balaban J connectivity index is 1.69. The van der Waals surface area contributed by atoms with E-state index in [0.717, 1.165) is 29.7 Å². The molecule has 25 heavy (non-hydrogen) atoms. The highest BCUT2D eigenvalue weighted by Gasteiger charge is 2.22. The van der Waals surface area contributed by atoms with Crippen molar-refractivity contribution in [2.75, 3.05) is 24.6 Å². The zero-order chi connectivity index (χ0) is 17.6. The predicted octanol–water partition coefficient (Wildman–Crippen LogP) is 3.26. The molecule has 0 saturated heterocycles. The van der Waals surface area contributed by atoms with Crippen molar-refractivity contribution in [1.82, 2.24) is 9.88 Å². The van der Waals surface area contributed by atoms with E-state index in [-0.39, 0.29) is 11.5 Å². The molecule has 1 aromatic carbocycles. The molecule has 1 amide bonds. The number of rotatable bonds is 2. The second kappa shape index (κ2) is 6.09. The lowest BCUT2D eigenvalue weighted by Crippen LogP contribution is -2.25. The summed E-state index contributed by atoms with van der Waals surface area (Å²) in [6, 6.07) is 7.43. The Morgan fingerprint density at radius 3 is 2.88 bits per heavy atom. The van der Waals surface area contributed by atoms with Gasteiger partial charge in [0.05, 0.1) is 5.69 Å². The second-order valence-corrected chi connectivity index (χ2v) is 7.32. The molecule has 0 spiro atoms. The van der Waals surface area contributed by atoms with Crippen LogP contribution in [0.2, 0.25) is 0 Å². The van der Waals surface area contributed by atoms with Crippen LogP contribution in [0.4, 0.5) is 15.8 Å². The third-order valence-electron chi connectivity index (χ3n) is 4.36. The van der Waals surface area contributed by atoms with E-state index >= 15 is 0 Å². The predicted molar refractivity (Wildman–Crippen MR) is 98.4 cm³/mol. The smallest absolute Gasteiger partial charge is 0.276 e. The Hall–Kier alpha value is -2.51. The maximum atomic E-state index is 13.0. The van der Waals surface area contributed by atoms with E-state index in [0.29, 0.717) is 11.4 Å². The van der Waals surface area contributed by atoms with Gasteiger partial charge in [0.15, 0.2) is 5.69 Å². The first kappa shape index (κ1) is 16.0. The fourth-order valence-electron chi connectivity index (χ4n) is 3.06. The van der Waals surface area contributed by atoms with Crippen LogP contribution in [-0.2, 0) is 13.0 Å². The van der Waals surface area contributed by atoms with Crippen molar-refractivity contribution in [3.63, 3.8) is 0 Å². The molecule has 0 fully saturated rings. The Labute approximate surface area is 148 Å². The SMILES string of the molecule is CN1CCc2sc3nc(C(=O)Nc4ccc(F)cc4)c(N)cc3c2C1. The number of thiophene rings is 1. The number of fused-ring (bicyclic) bond motifs is 3. The lowest BCUT2D eigenvalue weighted by atomic mass is 10.1. The molecule has 128 valence electrons. The van der Waals surface area contributed by atoms with Crippen molar-refractivity contribution in [1.29, 1.82) is 0 Å². The van der Waals surface area contributed by atoms with Crippen molar-refractivity contribution in [2.45, 2.75) is 13.0 Å². The Morgan fingerprint density at radius 1 is 1.36 bits per heavy atom. The van der Waals surface area contributed by atoms with Gasteiger partial charge < -0.3 is 16.0 Å². The van der Waals surface area contributed by atoms with Gasteiger partial charge in [0, 0.05) is 29.0 Å². The number of aromatic nitrogens is 1. The van der Waals surface area contributed by atoms with Gasteiger partial charge in [-0.05, 0) is 49.4 Å². The van der Waals surface area contributed by atoms with Gasteiger partial charge in [-0.2, -0.15) is 0 Å². The molecule has 3 N–H and O–H groups in total. The minimum absolute atomic E-state index is 0.198. The number of nitrogens with two attached hydrogens (primary N) is 1. The fraction of sp³-hybridized carbons (Fsp3) is 0.222. The van der Waals surface area contributed by atoms with Crippen molar-refractivity contribution >= 4 is 38.8 Å². The molecule has 0 unspecified atom stereocenters. The van der Waals surface area contributed by atoms with E-state index in [1.165, 1.54) is 34.7 Å². The van der Waals surface area contributed by atoms with Gasteiger partial charge in [-0.25, -0.2) is 9.37 Å². The summed E-state index contributed by atoms with van der Waals surface area (Å²) in [6.07, 6.45) is 0.990. The van der Waals surface area contributed by atoms with E-state index in [2.05, 4.69) is 22.2 Å². The topological polar surface area (TPSA) is 71.2 Å². The number of anilines is 2. The van der Waals surface area contributed by atoms with Gasteiger partial charge in [0.25, 0.3) is 5.91 Å². The number of benzene rings is 1. The Morgan fingerprint density at radius 2 is 2.12 bits per heavy atom. The first-order chi connectivity index (χ1) is 12.0. The van der Waals surface area contributed by atoms with Crippen molar-refractivity contribution < 1.29 is 9.18 Å². The highest BCUT2D eigenvalue weighted by Crippen LogP contribution is 2.35. The Bertz CT molecular complexity index is 967. The zero-order valence-corrected chi connectivity index (χ0v) is 14.5. The summed E-state index contributed by atoms with van der Waals surface area (Å²) in [7, 11) is 2.09. The third-order valence-corrected chi connectivity index (χ3v) is 5.57. The summed E-state index contributed by atoms with van der Waals surface area (Å²) in [6.45, 7) is 1.89. The van der Waals surface area contributed by atoms with Gasteiger partial charge in [-0.3, -0.25) is 4.79 Å². The van der Waals surface area contributed by atoms with Crippen LogP contribution in [0.3, 0.4) is 0 Å². The first-order valence-electron chi connectivity index (χ1n) is 7.97. The normalized spacial score (nSPS) is 14.5. The number of pyridine rings is 1. The summed E-state index contributed by atoms with van der Waals surface area (Å²) >= 11 is 1.63. The molecule has 3 aromatic rings. The molecule has 0 bridgehead atoms. The Kier molecular flexibility index (Phi) is 3.89. The van der Waals surface area contributed by atoms with Gasteiger partial charge >= 0.3 is 0 Å². The van der Waals surface area contributed by atoms with E-state index in [1.807, 2.05) is 6.07 Å². The van der Waals surface area contributed by atoms with Gasteiger partial charge in [0.2, 0.25) is 0 Å². The second-order valence-electron chi connectivity index (χ2n) is 6.23. The largest absolute Gasteiger partial charge is 0.397 e. The van der Waals surface area contributed by atoms with Crippen LogP contribution in [0, 0.1) is 5.82 Å². The van der Waals surface area contributed by atoms with Crippen molar-refractivity contribution in [3.05, 3.63) is 52.3 Å². The number of nitrogens with zero attached hydrogens (tertiary/aromatic N) is 2. The van der Waals surface area contributed by atoms with E-state index < -0.39 is 5.91 Å².